The number of carboxylic acid groups (broad SMARTS) is 1. The van der Waals surface area contributed by atoms with Crippen molar-refractivity contribution in [2.75, 3.05) is 11.1 Å². The Labute approximate surface area is 218 Å². The molecule has 0 unspecified atom stereocenters. The molecule has 2 aromatic carbocycles. The van der Waals surface area contributed by atoms with Crippen molar-refractivity contribution in [3.63, 3.8) is 0 Å². The van der Waals surface area contributed by atoms with Gasteiger partial charge in [-0.3, -0.25) is 14.7 Å². The SMILES string of the molecule is C[C@H]1[C@@H](CSc2ncn[nH]2)O[C@@H](c2ccc(NC(=O)CCCC(=O)O)cc2)O[C@H]1c1ccc(CO)cc1. The summed E-state index contributed by atoms with van der Waals surface area (Å²) < 4.78 is 12.8. The number of hydrogen-bond donors (Lipinski definition) is 4. The van der Waals surface area contributed by atoms with Crippen LogP contribution >= 0.6 is 11.8 Å². The molecular weight excluding hydrogens is 496 g/mol. The zero-order chi connectivity index (χ0) is 26.2. The number of aliphatic hydroxyl groups excluding tert-OH is 1. The van der Waals surface area contributed by atoms with Gasteiger partial charge >= 0.3 is 5.97 Å². The van der Waals surface area contributed by atoms with Gasteiger partial charge in [0.1, 0.15) is 6.33 Å². The molecule has 0 radical (unpaired) electrons. The molecule has 3 aromatic rings. The molecule has 0 saturated carbocycles. The zero-order valence-corrected chi connectivity index (χ0v) is 21.2. The summed E-state index contributed by atoms with van der Waals surface area (Å²) in [7, 11) is 0. The normalized spacial score (nSPS) is 21.5. The molecule has 1 saturated heterocycles. The van der Waals surface area contributed by atoms with E-state index in [2.05, 4.69) is 27.4 Å². The number of hydrogen-bond acceptors (Lipinski definition) is 8. The van der Waals surface area contributed by atoms with E-state index in [4.69, 9.17) is 14.6 Å². The second-order valence-electron chi connectivity index (χ2n) is 8.84. The first-order valence-electron chi connectivity index (χ1n) is 12.0. The van der Waals surface area contributed by atoms with Gasteiger partial charge in [-0.05, 0) is 29.7 Å². The van der Waals surface area contributed by atoms with Crippen LogP contribution in [0.2, 0.25) is 0 Å². The summed E-state index contributed by atoms with van der Waals surface area (Å²) in [4.78, 5) is 26.9. The number of carboxylic acids is 1. The molecule has 11 heteroatoms. The minimum absolute atomic E-state index is 0.0218. The van der Waals surface area contributed by atoms with Crippen LogP contribution in [0.25, 0.3) is 0 Å². The summed E-state index contributed by atoms with van der Waals surface area (Å²) in [6.45, 7) is 2.07. The maximum atomic E-state index is 12.1. The van der Waals surface area contributed by atoms with Gasteiger partial charge in [0, 0.05) is 35.8 Å². The zero-order valence-electron chi connectivity index (χ0n) is 20.4. The number of H-pyrrole nitrogens is 1. The molecule has 4 N–H and O–H groups in total. The number of benzene rings is 2. The van der Waals surface area contributed by atoms with Crippen LogP contribution in [0.4, 0.5) is 5.69 Å². The number of ether oxygens (including phenoxy) is 2. The van der Waals surface area contributed by atoms with Crippen molar-refractivity contribution in [1.82, 2.24) is 15.2 Å². The van der Waals surface area contributed by atoms with Gasteiger partial charge in [-0.2, -0.15) is 5.10 Å². The molecule has 1 aliphatic heterocycles. The number of nitrogens with one attached hydrogen (secondary N) is 2. The molecule has 1 amide bonds. The minimum atomic E-state index is -0.917. The molecule has 0 spiro atoms. The summed E-state index contributed by atoms with van der Waals surface area (Å²) in [6.07, 6.45) is 0.847. The molecule has 1 aliphatic rings. The average molecular weight is 527 g/mol. The van der Waals surface area contributed by atoms with E-state index >= 15 is 0 Å². The van der Waals surface area contributed by atoms with E-state index in [-0.39, 0.29) is 49.9 Å². The van der Waals surface area contributed by atoms with Gasteiger partial charge < -0.3 is 25.0 Å². The van der Waals surface area contributed by atoms with Crippen LogP contribution in [0.15, 0.2) is 60.0 Å². The van der Waals surface area contributed by atoms with E-state index in [9.17, 15) is 14.7 Å². The molecule has 0 bridgehead atoms. The number of aromatic nitrogens is 3. The van der Waals surface area contributed by atoms with Crippen molar-refractivity contribution in [2.45, 2.75) is 56.4 Å². The van der Waals surface area contributed by atoms with Crippen LogP contribution in [-0.2, 0) is 25.7 Å². The van der Waals surface area contributed by atoms with Crippen molar-refractivity contribution >= 4 is 29.3 Å². The lowest BCUT2D eigenvalue weighted by Crippen LogP contribution is -2.38. The molecular formula is C26H30N4O6S. The van der Waals surface area contributed by atoms with Crippen molar-refractivity contribution in [1.29, 1.82) is 0 Å². The van der Waals surface area contributed by atoms with Crippen LogP contribution in [0.1, 0.15) is 55.3 Å². The second kappa shape index (κ2) is 12.8. The van der Waals surface area contributed by atoms with Crippen LogP contribution in [0.5, 0.6) is 0 Å². The molecule has 1 aromatic heterocycles. The molecule has 10 nitrogen and oxygen atoms in total. The number of aromatic amines is 1. The maximum absolute atomic E-state index is 12.1. The van der Waals surface area contributed by atoms with Crippen LogP contribution in [0.3, 0.4) is 0 Å². The molecule has 196 valence electrons. The minimum Gasteiger partial charge on any atom is -0.481 e. The van der Waals surface area contributed by atoms with E-state index in [1.807, 2.05) is 36.4 Å². The Hall–Kier alpha value is -3.25. The Kier molecular flexibility index (Phi) is 9.29. The van der Waals surface area contributed by atoms with Crippen molar-refractivity contribution < 1.29 is 29.3 Å². The first-order valence-corrected chi connectivity index (χ1v) is 13.0. The highest BCUT2D eigenvalue weighted by Crippen LogP contribution is 2.42. The topological polar surface area (TPSA) is 147 Å². The summed E-state index contributed by atoms with van der Waals surface area (Å²) in [5.74, 6) is -0.467. The number of amides is 1. The Balaban J connectivity index is 1.47. The van der Waals surface area contributed by atoms with Crippen LogP contribution in [0, 0.1) is 5.92 Å². The standard InChI is InChI=1S/C26H30N4O6S/c1-16-21(14-37-26-27-15-28-30-26)35-25(36-24(16)18-7-5-17(13-31)6-8-18)19-9-11-20(12-10-19)29-22(32)3-2-4-23(33)34/h5-12,15-16,21,24-25,31H,2-4,13-14H2,1H3,(H,29,32)(H,33,34)(H,27,28,30)/t16-,21+,24+,25+/m0/s1. The Morgan fingerprint density at radius 1 is 1.05 bits per heavy atom. The monoisotopic (exact) mass is 526 g/mol. The predicted molar refractivity (Wildman–Crippen MR) is 137 cm³/mol. The molecule has 0 aliphatic carbocycles. The number of aliphatic carboxylic acids is 1. The largest absolute Gasteiger partial charge is 0.481 e. The summed E-state index contributed by atoms with van der Waals surface area (Å²) in [6, 6.07) is 15.0. The highest BCUT2D eigenvalue weighted by molar-refractivity contribution is 7.99. The van der Waals surface area contributed by atoms with E-state index in [0.717, 1.165) is 16.7 Å². The molecule has 37 heavy (non-hydrogen) atoms. The number of carbonyl (C=O) groups excluding carboxylic acids is 1. The third kappa shape index (κ3) is 7.39. The fourth-order valence-electron chi connectivity index (χ4n) is 4.08. The Bertz CT molecular complexity index is 1160. The van der Waals surface area contributed by atoms with E-state index < -0.39 is 12.3 Å². The van der Waals surface area contributed by atoms with Gasteiger partial charge in [-0.15, -0.1) is 0 Å². The maximum Gasteiger partial charge on any atom is 0.303 e. The third-order valence-corrected chi connectivity index (χ3v) is 7.13. The van der Waals surface area contributed by atoms with Crippen LogP contribution in [-0.4, -0.2) is 49.1 Å². The number of anilines is 1. The summed E-state index contributed by atoms with van der Waals surface area (Å²) in [5, 5.41) is 28.4. The van der Waals surface area contributed by atoms with Crippen molar-refractivity contribution in [3.8, 4) is 0 Å². The molecule has 4 atom stereocenters. The fourth-order valence-corrected chi connectivity index (χ4v) is 5.03. The van der Waals surface area contributed by atoms with Gasteiger partial charge in [0.2, 0.25) is 5.91 Å². The van der Waals surface area contributed by atoms with Crippen LogP contribution < -0.4 is 5.32 Å². The van der Waals surface area contributed by atoms with Gasteiger partial charge in [-0.1, -0.05) is 55.1 Å². The highest BCUT2D eigenvalue weighted by atomic mass is 32.2. The van der Waals surface area contributed by atoms with Crippen molar-refractivity contribution in [2.24, 2.45) is 5.92 Å². The predicted octanol–water partition coefficient (Wildman–Crippen LogP) is 4.07. The van der Waals surface area contributed by atoms with Gasteiger partial charge in [0.15, 0.2) is 11.4 Å². The lowest BCUT2D eigenvalue weighted by molar-refractivity contribution is -0.268. The Morgan fingerprint density at radius 2 is 1.78 bits per heavy atom. The smallest absolute Gasteiger partial charge is 0.303 e. The van der Waals surface area contributed by atoms with E-state index in [1.165, 1.54) is 18.1 Å². The highest BCUT2D eigenvalue weighted by Gasteiger charge is 2.38. The van der Waals surface area contributed by atoms with Gasteiger partial charge in [0.05, 0.1) is 18.8 Å². The molecule has 1 fully saturated rings. The number of aliphatic hydroxyl groups is 1. The van der Waals surface area contributed by atoms with Crippen molar-refractivity contribution in [3.05, 3.63) is 71.5 Å². The van der Waals surface area contributed by atoms with Gasteiger partial charge in [-0.25, -0.2) is 4.98 Å². The number of nitrogens with zero attached hydrogens (tertiary/aromatic N) is 2. The number of carbonyl (C=O) groups is 2. The lowest BCUT2D eigenvalue weighted by Gasteiger charge is -2.41. The lowest BCUT2D eigenvalue weighted by atomic mass is 9.91. The fraction of sp³-hybridized carbons (Fsp3) is 0.385. The molecule has 4 rings (SSSR count). The first-order chi connectivity index (χ1) is 17.9. The quantitative estimate of drug-likeness (QED) is 0.271. The summed E-state index contributed by atoms with van der Waals surface area (Å²) >= 11 is 1.53. The van der Waals surface area contributed by atoms with E-state index in [1.54, 1.807) is 12.1 Å². The van der Waals surface area contributed by atoms with Gasteiger partial charge in [0.25, 0.3) is 0 Å². The Morgan fingerprint density at radius 3 is 2.43 bits per heavy atom. The summed E-state index contributed by atoms with van der Waals surface area (Å²) in [5.41, 5.74) is 3.25. The number of thioether (sulfide) groups is 1. The molecule has 2 heterocycles. The number of rotatable bonds is 11. The van der Waals surface area contributed by atoms with E-state index in [0.29, 0.717) is 16.6 Å². The third-order valence-electron chi connectivity index (χ3n) is 6.16. The second-order valence-corrected chi connectivity index (χ2v) is 9.85. The average Bonchev–Trinajstić information content (AvgIpc) is 3.42. The first kappa shape index (κ1) is 26.8.